The number of H-pyrrole nitrogens is 1. The highest BCUT2D eigenvalue weighted by molar-refractivity contribution is 5.99. The Bertz CT molecular complexity index is 1260. The summed E-state index contributed by atoms with van der Waals surface area (Å²) in [5.74, 6) is 0. The molecule has 4 rings (SSSR count). The maximum Gasteiger partial charge on any atom is 0.349 e. The number of para-hydroxylation sites is 2. The van der Waals surface area contributed by atoms with E-state index in [4.69, 9.17) is 0 Å². The van der Waals surface area contributed by atoms with E-state index < -0.39 is 11.2 Å². The topological polar surface area (TPSA) is 72.2 Å². The van der Waals surface area contributed by atoms with Gasteiger partial charge in [-0.2, -0.15) is 5.10 Å². The molecule has 0 atom stereocenters. The van der Waals surface area contributed by atoms with Crippen LogP contribution in [0.1, 0.15) is 25.5 Å². The standard InChI is InChI=1S/C20H18N4O2/c1-13(2)23-12-14(15-7-4-6-10-18(15)23)11-21-24-19(25)16-8-3-5-9-17(16)22-20(24)26/h3-13H,1-2H3,(H,22,26). The minimum Gasteiger partial charge on any atom is -0.344 e. The van der Waals surface area contributed by atoms with Gasteiger partial charge in [0, 0.05) is 28.7 Å². The van der Waals surface area contributed by atoms with Crippen LogP contribution in [0.4, 0.5) is 0 Å². The molecule has 0 saturated carbocycles. The monoisotopic (exact) mass is 346 g/mol. The van der Waals surface area contributed by atoms with E-state index in [1.165, 1.54) is 0 Å². The highest BCUT2D eigenvalue weighted by atomic mass is 16.2. The van der Waals surface area contributed by atoms with E-state index in [2.05, 4.69) is 28.5 Å². The van der Waals surface area contributed by atoms with Crippen LogP contribution in [0.25, 0.3) is 21.8 Å². The van der Waals surface area contributed by atoms with Gasteiger partial charge in [-0.1, -0.05) is 30.3 Å². The minimum absolute atomic E-state index is 0.286. The van der Waals surface area contributed by atoms with Crippen molar-refractivity contribution in [2.24, 2.45) is 5.10 Å². The highest BCUT2D eigenvalue weighted by Gasteiger charge is 2.10. The van der Waals surface area contributed by atoms with E-state index in [-0.39, 0.29) is 6.04 Å². The first-order valence-corrected chi connectivity index (χ1v) is 8.44. The van der Waals surface area contributed by atoms with Gasteiger partial charge in [0.15, 0.2) is 0 Å². The van der Waals surface area contributed by atoms with Crippen molar-refractivity contribution in [2.75, 3.05) is 0 Å². The number of hydrogen-bond donors (Lipinski definition) is 1. The number of benzene rings is 2. The molecule has 1 N–H and O–H groups in total. The number of nitrogens with zero attached hydrogens (tertiary/aromatic N) is 3. The third-order valence-corrected chi connectivity index (χ3v) is 4.42. The van der Waals surface area contributed by atoms with Gasteiger partial charge in [-0.05, 0) is 32.0 Å². The first kappa shape index (κ1) is 16.1. The largest absolute Gasteiger partial charge is 0.349 e. The van der Waals surface area contributed by atoms with Gasteiger partial charge in [0.25, 0.3) is 5.56 Å². The minimum atomic E-state index is -0.558. The second kappa shape index (κ2) is 6.15. The van der Waals surface area contributed by atoms with Crippen molar-refractivity contribution in [3.63, 3.8) is 0 Å². The fourth-order valence-electron chi connectivity index (χ4n) is 3.14. The number of fused-ring (bicyclic) bond motifs is 2. The smallest absolute Gasteiger partial charge is 0.344 e. The molecule has 0 unspecified atom stereocenters. The zero-order valence-electron chi connectivity index (χ0n) is 14.5. The average Bonchev–Trinajstić information content (AvgIpc) is 3.01. The third kappa shape index (κ3) is 2.56. The second-order valence-electron chi connectivity index (χ2n) is 6.44. The summed E-state index contributed by atoms with van der Waals surface area (Å²) in [5, 5.41) is 5.62. The summed E-state index contributed by atoms with van der Waals surface area (Å²) < 4.78 is 3.01. The second-order valence-corrected chi connectivity index (χ2v) is 6.44. The summed E-state index contributed by atoms with van der Waals surface area (Å²) in [7, 11) is 0. The molecule has 0 aliphatic rings. The molecule has 0 saturated heterocycles. The summed E-state index contributed by atoms with van der Waals surface area (Å²) >= 11 is 0. The Balaban J connectivity index is 1.88. The van der Waals surface area contributed by atoms with Crippen LogP contribution in [-0.2, 0) is 0 Å². The number of nitrogens with one attached hydrogen (secondary N) is 1. The quantitative estimate of drug-likeness (QED) is 0.579. The summed E-state index contributed by atoms with van der Waals surface area (Å²) in [6, 6.07) is 15.2. The Morgan fingerprint density at radius 1 is 1.00 bits per heavy atom. The summed E-state index contributed by atoms with van der Waals surface area (Å²) in [6.45, 7) is 4.21. The Kier molecular flexibility index (Phi) is 3.80. The molecule has 2 aromatic carbocycles. The lowest BCUT2D eigenvalue weighted by Gasteiger charge is -2.08. The molecule has 0 bridgehead atoms. The normalized spacial score (nSPS) is 12.0. The number of hydrogen-bond acceptors (Lipinski definition) is 3. The maximum absolute atomic E-state index is 12.6. The summed E-state index contributed by atoms with van der Waals surface area (Å²) in [6.07, 6.45) is 3.55. The van der Waals surface area contributed by atoms with Gasteiger partial charge in [-0.25, -0.2) is 4.79 Å². The molecule has 2 heterocycles. The van der Waals surface area contributed by atoms with Crippen LogP contribution in [0.2, 0.25) is 0 Å². The van der Waals surface area contributed by atoms with E-state index >= 15 is 0 Å². The lowest BCUT2D eigenvalue weighted by molar-refractivity contribution is 0.622. The lowest BCUT2D eigenvalue weighted by Crippen LogP contribution is -2.32. The predicted octanol–water partition coefficient (Wildman–Crippen LogP) is 3.11. The predicted molar refractivity (Wildman–Crippen MR) is 104 cm³/mol. The van der Waals surface area contributed by atoms with Gasteiger partial charge < -0.3 is 9.55 Å². The van der Waals surface area contributed by atoms with Crippen LogP contribution in [-0.4, -0.2) is 20.4 Å². The van der Waals surface area contributed by atoms with Crippen molar-refractivity contribution in [3.05, 3.63) is 81.1 Å². The number of rotatable bonds is 3. The van der Waals surface area contributed by atoms with Crippen LogP contribution in [0, 0.1) is 0 Å². The summed E-state index contributed by atoms with van der Waals surface area (Å²) in [5.41, 5.74) is 1.45. The van der Waals surface area contributed by atoms with Crippen LogP contribution < -0.4 is 11.2 Å². The van der Waals surface area contributed by atoms with E-state index in [0.29, 0.717) is 10.9 Å². The molecular weight excluding hydrogens is 328 g/mol. The molecule has 130 valence electrons. The molecule has 0 amide bonds. The maximum atomic E-state index is 12.6. The molecule has 0 aliphatic carbocycles. The number of aromatic nitrogens is 3. The van der Waals surface area contributed by atoms with Crippen molar-refractivity contribution >= 4 is 28.0 Å². The first-order valence-electron chi connectivity index (χ1n) is 8.44. The van der Waals surface area contributed by atoms with Crippen LogP contribution >= 0.6 is 0 Å². The van der Waals surface area contributed by atoms with Gasteiger partial charge >= 0.3 is 5.69 Å². The number of aromatic amines is 1. The summed E-state index contributed by atoms with van der Waals surface area (Å²) in [4.78, 5) is 27.5. The van der Waals surface area contributed by atoms with E-state index in [1.807, 2.05) is 30.5 Å². The van der Waals surface area contributed by atoms with Gasteiger partial charge in [0.2, 0.25) is 0 Å². The van der Waals surface area contributed by atoms with Gasteiger partial charge in [0.05, 0.1) is 17.1 Å². The van der Waals surface area contributed by atoms with Crippen LogP contribution in [0.15, 0.2) is 69.4 Å². The van der Waals surface area contributed by atoms with E-state index in [1.54, 1.807) is 30.5 Å². The van der Waals surface area contributed by atoms with Crippen molar-refractivity contribution < 1.29 is 0 Å². The molecule has 0 radical (unpaired) electrons. The Labute approximate surface area is 149 Å². The molecule has 6 heteroatoms. The lowest BCUT2D eigenvalue weighted by atomic mass is 10.2. The van der Waals surface area contributed by atoms with E-state index in [0.717, 1.165) is 21.1 Å². The van der Waals surface area contributed by atoms with Crippen molar-refractivity contribution in [1.82, 2.24) is 14.2 Å². The zero-order chi connectivity index (χ0) is 18.3. The van der Waals surface area contributed by atoms with Gasteiger partial charge in [-0.15, -0.1) is 4.68 Å². The molecule has 6 nitrogen and oxygen atoms in total. The molecule has 0 spiro atoms. The molecule has 0 aliphatic heterocycles. The first-order chi connectivity index (χ1) is 12.6. The Morgan fingerprint density at radius 3 is 2.46 bits per heavy atom. The van der Waals surface area contributed by atoms with Crippen molar-refractivity contribution in [1.29, 1.82) is 0 Å². The van der Waals surface area contributed by atoms with Gasteiger partial charge in [0.1, 0.15) is 0 Å². The SMILES string of the molecule is CC(C)n1cc(C=Nn2c(=O)[nH]c3ccccc3c2=O)c2ccccc21. The van der Waals surface area contributed by atoms with Crippen molar-refractivity contribution in [2.45, 2.75) is 19.9 Å². The fraction of sp³-hybridized carbons (Fsp3) is 0.150. The van der Waals surface area contributed by atoms with Crippen LogP contribution in [0.5, 0.6) is 0 Å². The average molecular weight is 346 g/mol. The Hall–Kier alpha value is -3.41. The van der Waals surface area contributed by atoms with Gasteiger partial charge in [-0.3, -0.25) is 4.79 Å². The molecular formula is C20H18N4O2. The molecule has 2 aromatic heterocycles. The zero-order valence-corrected chi connectivity index (χ0v) is 14.5. The third-order valence-electron chi connectivity index (χ3n) is 4.42. The van der Waals surface area contributed by atoms with Crippen molar-refractivity contribution in [3.8, 4) is 0 Å². The highest BCUT2D eigenvalue weighted by Crippen LogP contribution is 2.23. The molecule has 0 fully saturated rings. The Morgan fingerprint density at radius 2 is 1.69 bits per heavy atom. The fourth-order valence-corrected chi connectivity index (χ4v) is 3.14. The molecule has 26 heavy (non-hydrogen) atoms. The van der Waals surface area contributed by atoms with E-state index in [9.17, 15) is 9.59 Å². The molecule has 4 aromatic rings. The van der Waals surface area contributed by atoms with Crippen LogP contribution in [0.3, 0.4) is 0 Å².